The van der Waals surface area contributed by atoms with Gasteiger partial charge in [0.1, 0.15) is 5.76 Å². The highest BCUT2D eigenvalue weighted by Gasteiger charge is 2.24. The molecule has 0 bridgehead atoms. The minimum atomic E-state index is -0.0682. The van der Waals surface area contributed by atoms with E-state index in [1.165, 1.54) is 0 Å². The van der Waals surface area contributed by atoms with Crippen LogP contribution in [0.15, 0.2) is 46.4 Å². The Kier molecular flexibility index (Phi) is 5.96. The lowest BCUT2D eigenvalue weighted by atomic mass is 10.2. The molecule has 1 aliphatic heterocycles. The second-order valence-electron chi connectivity index (χ2n) is 5.27. The standard InChI is InChI=1S/C17H20N2O2S2/c20-17(6-5-14-3-2-10-23-14)18-13-15(16-4-1-9-21-16)19-7-11-22-12-8-19/h1-6,9-10,15H,7-8,11-13H2,(H,18,20)/b6-5+/t15-/m1/s1. The summed E-state index contributed by atoms with van der Waals surface area (Å²) in [5, 5.41) is 5.00. The minimum absolute atomic E-state index is 0.0682. The third-order valence-electron chi connectivity index (χ3n) is 3.77. The molecule has 3 rings (SSSR count). The van der Waals surface area contributed by atoms with E-state index < -0.39 is 0 Å². The number of nitrogens with zero attached hydrogens (tertiary/aromatic N) is 1. The van der Waals surface area contributed by atoms with Crippen LogP contribution in [0.1, 0.15) is 16.7 Å². The lowest BCUT2D eigenvalue weighted by Gasteiger charge is -2.33. The Morgan fingerprint density at radius 1 is 1.35 bits per heavy atom. The maximum atomic E-state index is 12.0. The van der Waals surface area contributed by atoms with Crippen molar-refractivity contribution in [1.29, 1.82) is 0 Å². The summed E-state index contributed by atoms with van der Waals surface area (Å²) < 4.78 is 5.58. The van der Waals surface area contributed by atoms with Crippen LogP contribution in [0.3, 0.4) is 0 Å². The molecule has 4 nitrogen and oxygen atoms in total. The highest BCUT2D eigenvalue weighted by atomic mass is 32.2. The number of hydrogen-bond acceptors (Lipinski definition) is 5. The molecule has 0 aliphatic carbocycles. The molecule has 1 atom stereocenters. The van der Waals surface area contributed by atoms with Gasteiger partial charge in [-0.3, -0.25) is 9.69 Å². The van der Waals surface area contributed by atoms with E-state index in [4.69, 9.17) is 4.42 Å². The summed E-state index contributed by atoms with van der Waals surface area (Å²) in [5.74, 6) is 3.10. The number of furan rings is 1. The first-order valence-electron chi connectivity index (χ1n) is 7.67. The molecular weight excluding hydrogens is 328 g/mol. The highest BCUT2D eigenvalue weighted by Crippen LogP contribution is 2.24. The van der Waals surface area contributed by atoms with Gasteiger partial charge in [-0.1, -0.05) is 6.07 Å². The minimum Gasteiger partial charge on any atom is -0.468 e. The molecule has 0 spiro atoms. The van der Waals surface area contributed by atoms with Gasteiger partial charge in [0, 0.05) is 42.1 Å². The molecule has 1 saturated heterocycles. The molecule has 0 unspecified atom stereocenters. The third-order valence-corrected chi connectivity index (χ3v) is 5.55. The number of thiophene rings is 1. The Hall–Kier alpha value is -1.50. The first kappa shape index (κ1) is 16.4. The van der Waals surface area contributed by atoms with Gasteiger partial charge in [-0.15, -0.1) is 11.3 Å². The Balaban J connectivity index is 1.58. The van der Waals surface area contributed by atoms with E-state index in [1.807, 2.05) is 47.5 Å². The van der Waals surface area contributed by atoms with E-state index >= 15 is 0 Å². The Bertz CT molecular complexity index is 617. The van der Waals surface area contributed by atoms with E-state index in [9.17, 15) is 4.79 Å². The molecule has 6 heteroatoms. The molecule has 0 aromatic carbocycles. The van der Waals surface area contributed by atoms with Gasteiger partial charge in [0.15, 0.2) is 0 Å². The van der Waals surface area contributed by atoms with Gasteiger partial charge < -0.3 is 9.73 Å². The Morgan fingerprint density at radius 3 is 2.91 bits per heavy atom. The fourth-order valence-electron chi connectivity index (χ4n) is 2.58. The largest absolute Gasteiger partial charge is 0.468 e. The molecule has 0 radical (unpaired) electrons. The van der Waals surface area contributed by atoms with E-state index in [0.717, 1.165) is 35.2 Å². The van der Waals surface area contributed by atoms with Crippen LogP contribution in [0.2, 0.25) is 0 Å². The number of amides is 1. The SMILES string of the molecule is O=C(/C=C/c1cccs1)NC[C@H](c1ccco1)N1CCSCC1. The Labute approximate surface area is 144 Å². The fourth-order valence-corrected chi connectivity index (χ4v) is 4.13. The summed E-state index contributed by atoms with van der Waals surface area (Å²) in [6, 6.07) is 7.96. The summed E-state index contributed by atoms with van der Waals surface area (Å²) in [6.45, 7) is 2.61. The molecular formula is C17H20N2O2S2. The van der Waals surface area contributed by atoms with Gasteiger partial charge in [-0.25, -0.2) is 0 Å². The average Bonchev–Trinajstić information content (AvgIpc) is 3.28. The molecule has 2 aromatic rings. The topological polar surface area (TPSA) is 45.5 Å². The normalized spacial score (nSPS) is 17.4. The van der Waals surface area contributed by atoms with Crippen LogP contribution in [-0.4, -0.2) is 41.9 Å². The second-order valence-corrected chi connectivity index (χ2v) is 7.48. The number of thioether (sulfide) groups is 1. The number of hydrogen-bond donors (Lipinski definition) is 1. The smallest absolute Gasteiger partial charge is 0.244 e. The first-order valence-corrected chi connectivity index (χ1v) is 9.71. The number of rotatable bonds is 6. The van der Waals surface area contributed by atoms with Crippen LogP contribution in [0.25, 0.3) is 6.08 Å². The van der Waals surface area contributed by atoms with Crippen molar-refractivity contribution in [3.8, 4) is 0 Å². The van der Waals surface area contributed by atoms with Crippen molar-refractivity contribution >= 4 is 35.1 Å². The summed E-state index contributed by atoms with van der Waals surface area (Å²) in [5.41, 5.74) is 0. The van der Waals surface area contributed by atoms with Crippen LogP contribution in [-0.2, 0) is 4.79 Å². The molecule has 0 saturated carbocycles. The summed E-state index contributed by atoms with van der Waals surface area (Å²) in [4.78, 5) is 15.5. The monoisotopic (exact) mass is 348 g/mol. The van der Waals surface area contributed by atoms with E-state index in [2.05, 4.69) is 10.2 Å². The van der Waals surface area contributed by atoms with Crippen LogP contribution in [0, 0.1) is 0 Å². The molecule has 23 heavy (non-hydrogen) atoms. The van der Waals surface area contributed by atoms with E-state index in [-0.39, 0.29) is 11.9 Å². The zero-order valence-corrected chi connectivity index (χ0v) is 14.4. The molecule has 1 fully saturated rings. The van der Waals surface area contributed by atoms with Crippen LogP contribution >= 0.6 is 23.1 Å². The third kappa shape index (κ3) is 4.73. The van der Waals surface area contributed by atoms with Gasteiger partial charge >= 0.3 is 0 Å². The molecule has 3 heterocycles. The molecule has 1 amide bonds. The Morgan fingerprint density at radius 2 is 2.22 bits per heavy atom. The number of carbonyl (C=O) groups is 1. The van der Waals surface area contributed by atoms with Crippen LogP contribution < -0.4 is 5.32 Å². The van der Waals surface area contributed by atoms with E-state index in [0.29, 0.717) is 6.54 Å². The zero-order chi connectivity index (χ0) is 15.9. The maximum Gasteiger partial charge on any atom is 0.244 e. The average molecular weight is 348 g/mol. The van der Waals surface area contributed by atoms with Gasteiger partial charge in [0.25, 0.3) is 0 Å². The van der Waals surface area contributed by atoms with Crippen molar-refractivity contribution in [1.82, 2.24) is 10.2 Å². The predicted octanol–water partition coefficient (Wildman–Crippen LogP) is 3.26. The zero-order valence-electron chi connectivity index (χ0n) is 12.8. The summed E-state index contributed by atoms with van der Waals surface area (Å²) in [6.07, 6.45) is 5.13. The van der Waals surface area contributed by atoms with Crippen molar-refractivity contribution < 1.29 is 9.21 Å². The molecule has 1 aliphatic rings. The fraction of sp³-hybridized carbons (Fsp3) is 0.353. The van der Waals surface area contributed by atoms with Crippen molar-refractivity contribution in [3.05, 3.63) is 52.6 Å². The quantitative estimate of drug-likeness (QED) is 0.814. The molecule has 122 valence electrons. The van der Waals surface area contributed by atoms with Gasteiger partial charge in [-0.2, -0.15) is 11.8 Å². The van der Waals surface area contributed by atoms with Crippen molar-refractivity contribution in [2.75, 3.05) is 31.1 Å². The molecule has 1 N–H and O–H groups in total. The van der Waals surface area contributed by atoms with Crippen LogP contribution in [0.5, 0.6) is 0 Å². The molecule has 2 aromatic heterocycles. The summed E-state index contributed by atoms with van der Waals surface area (Å²) in [7, 11) is 0. The second kappa shape index (κ2) is 8.38. The van der Waals surface area contributed by atoms with Crippen molar-refractivity contribution in [2.24, 2.45) is 0 Å². The van der Waals surface area contributed by atoms with E-state index in [1.54, 1.807) is 23.7 Å². The van der Waals surface area contributed by atoms with Crippen molar-refractivity contribution in [2.45, 2.75) is 6.04 Å². The predicted molar refractivity (Wildman–Crippen MR) is 96.7 cm³/mol. The highest BCUT2D eigenvalue weighted by molar-refractivity contribution is 7.99. The number of nitrogens with one attached hydrogen (secondary N) is 1. The van der Waals surface area contributed by atoms with Gasteiger partial charge in [0.05, 0.1) is 12.3 Å². The van der Waals surface area contributed by atoms with Crippen molar-refractivity contribution in [3.63, 3.8) is 0 Å². The van der Waals surface area contributed by atoms with Crippen LogP contribution in [0.4, 0.5) is 0 Å². The summed E-state index contributed by atoms with van der Waals surface area (Å²) >= 11 is 3.59. The lowest BCUT2D eigenvalue weighted by Crippen LogP contribution is -2.41. The maximum absolute atomic E-state index is 12.0. The van der Waals surface area contributed by atoms with Gasteiger partial charge in [-0.05, 0) is 29.7 Å². The lowest BCUT2D eigenvalue weighted by molar-refractivity contribution is -0.116. The first-order chi connectivity index (χ1) is 11.3. The van der Waals surface area contributed by atoms with Gasteiger partial charge in [0.2, 0.25) is 5.91 Å². The number of carbonyl (C=O) groups excluding carboxylic acids is 1.